The molecule has 26 heavy (non-hydrogen) atoms. The molecule has 0 unspecified atom stereocenters. The Morgan fingerprint density at radius 2 is 2.19 bits per heavy atom. The SMILES string of the molecule is CN=C(NCCCc1nnc(SC)n1C1CCCC1)NCc1cccs1. The fourth-order valence-electron chi connectivity index (χ4n) is 3.40. The Balaban J connectivity index is 1.46. The van der Waals surface area contributed by atoms with Gasteiger partial charge in [-0.3, -0.25) is 4.99 Å². The molecular formula is C18H28N6S2. The van der Waals surface area contributed by atoms with Crippen LogP contribution in [0.4, 0.5) is 0 Å². The van der Waals surface area contributed by atoms with Crippen molar-refractivity contribution in [1.29, 1.82) is 0 Å². The molecule has 0 amide bonds. The summed E-state index contributed by atoms with van der Waals surface area (Å²) in [5, 5.41) is 18.7. The molecule has 6 nitrogen and oxygen atoms in total. The number of thioether (sulfide) groups is 1. The summed E-state index contributed by atoms with van der Waals surface area (Å²) in [6.07, 6.45) is 9.21. The molecule has 8 heteroatoms. The molecule has 2 N–H and O–H groups in total. The highest BCUT2D eigenvalue weighted by atomic mass is 32.2. The number of guanidine groups is 1. The van der Waals surface area contributed by atoms with Crippen LogP contribution in [-0.2, 0) is 13.0 Å². The van der Waals surface area contributed by atoms with Crippen molar-refractivity contribution >= 4 is 29.1 Å². The fraction of sp³-hybridized carbons (Fsp3) is 0.611. The molecule has 0 radical (unpaired) electrons. The van der Waals surface area contributed by atoms with E-state index in [0.29, 0.717) is 6.04 Å². The quantitative estimate of drug-likeness (QED) is 0.312. The normalized spacial score (nSPS) is 15.5. The standard InChI is InChI=1S/C18H28N6S2/c1-19-17(21-13-15-9-6-12-26-15)20-11-5-10-16-22-23-18(25-2)24(16)14-7-3-4-8-14/h6,9,12,14H,3-5,7-8,10-11,13H2,1-2H3,(H2,19,20,21). The molecule has 142 valence electrons. The molecule has 0 bridgehead atoms. The van der Waals surface area contributed by atoms with Crippen LogP contribution in [0.5, 0.6) is 0 Å². The summed E-state index contributed by atoms with van der Waals surface area (Å²) in [6.45, 7) is 1.68. The third kappa shape index (κ3) is 5.01. The number of aryl methyl sites for hydroxylation is 1. The molecule has 1 saturated carbocycles. The van der Waals surface area contributed by atoms with Crippen molar-refractivity contribution in [2.45, 2.75) is 56.3 Å². The zero-order valence-corrected chi connectivity index (χ0v) is 17.2. The molecule has 2 aromatic heterocycles. The van der Waals surface area contributed by atoms with Gasteiger partial charge in [0.15, 0.2) is 11.1 Å². The van der Waals surface area contributed by atoms with Crippen LogP contribution in [-0.4, -0.2) is 40.6 Å². The van der Waals surface area contributed by atoms with E-state index in [1.54, 1.807) is 23.1 Å². The smallest absolute Gasteiger partial charge is 0.191 e. The van der Waals surface area contributed by atoms with Crippen LogP contribution in [0.25, 0.3) is 0 Å². The molecule has 0 spiro atoms. The molecule has 0 aromatic carbocycles. The number of hydrogen-bond acceptors (Lipinski definition) is 5. The lowest BCUT2D eigenvalue weighted by Gasteiger charge is -2.16. The second-order valence-electron chi connectivity index (χ2n) is 6.45. The predicted octanol–water partition coefficient (Wildman–Crippen LogP) is 3.47. The van der Waals surface area contributed by atoms with Crippen LogP contribution in [0.1, 0.15) is 48.8 Å². The second kappa shape index (κ2) is 9.97. The lowest BCUT2D eigenvalue weighted by atomic mass is 10.2. The van der Waals surface area contributed by atoms with Crippen molar-refractivity contribution in [3.63, 3.8) is 0 Å². The van der Waals surface area contributed by atoms with Crippen molar-refractivity contribution in [1.82, 2.24) is 25.4 Å². The van der Waals surface area contributed by atoms with Gasteiger partial charge < -0.3 is 15.2 Å². The number of aromatic nitrogens is 3. The van der Waals surface area contributed by atoms with E-state index in [9.17, 15) is 0 Å². The number of nitrogens with zero attached hydrogens (tertiary/aromatic N) is 4. The van der Waals surface area contributed by atoms with Crippen LogP contribution in [0.3, 0.4) is 0 Å². The van der Waals surface area contributed by atoms with Gasteiger partial charge in [-0.15, -0.1) is 21.5 Å². The molecule has 2 aromatic rings. The Morgan fingerprint density at radius 3 is 2.88 bits per heavy atom. The highest BCUT2D eigenvalue weighted by molar-refractivity contribution is 7.98. The minimum absolute atomic E-state index is 0.593. The van der Waals surface area contributed by atoms with Gasteiger partial charge in [-0.1, -0.05) is 30.7 Å². The van der Waals surface area contributed by atoms with Crippen molar-refractivity contribution in [2.24, 2.45) is 4.99 Å². The van der Waals surface area contributed by atoms with E-state index < -0.39 is 0 Å². The van der Waals surface area contributed by atoms with Crippen molar-refractivity contribution in [3.8, 4) is 0 Å². The monoisotopic (exact) mass is 392 g/mol. The molecule has 2 heterocycles. The van der Waals surface area contributed by atoms with E-state index in [1.165, 1.54) is 30.6 Å². The molecule has 0 saturated heterocycles. The van der Waals surface area contributed by atoms with Gasteiger partial charge in [-0.25, -0.2) is 0 Å². The Kier molecular flexibility index (Phi) is 7.37. The van der Waals surface area contributed by atoms with Crippen molar-refractivity contribution in [3.05, 3.63) is 28.2 Å². The number of hydrogen-bond donors (Lipinski definition) is 2. The minimum atomic E-state index is 0.593. The van der Waals surface area contributed by atoms with Crippen LogP contribution in [0.2, 0.25) is 0 Å². The van der Waals surface area contributed by atoms with Crippen LogP contribution in [0.15, 0.2) is 27.7 Å². The van der Waals surface area contributed by atoms with Gasteiger partial charge in [0.05, 0.1) is 6.54 Å². The third-order valence-corrected chi connectivity index (χ3v) is 6.23. The van der Waals surface area contributed by atoms with E-state index in [-0.39, 0.29) is 0 Å². The summed E-state index contributed by atoms with van der Waals surface area (Å²) >= 11 is 3.46. The van der Waals surface area contributed by atoms with Gasteiger partial charge in [-0.05, 0) is 37.0 Å². The maximum absolute atomic E-state index is 4.46. The highest BCUT2D eigenvalue weighted by Gasteiger charge is 2.23. The molecule has 1 fully saturated rings. The van der Waals surface area contributed by atoms with Crippen LogP contribution < -0.4 is 10.6 Å². The maximum Gasteiger partial charge on any atom is 0.191 e. The predicted molar refractivity (Wildman–Crippen MR) is 110 cm³/mol. The third-order valence-electron chi connectivity index (χ3n) is 4.71. The van der Waals surface area contributed by atoms with E-state index in [2.05, 4.69) is 54.2 Å². The van der Waals surface area contributed by atoms with Gasteiger partial charge >= 0.3 is 0 Å². The van der Waals surface area contributed by atoms with E-state index in [4.69, 9.17) is 0 Å². The summed E-state index contributed by atoms with van der Waals surface area (Å²) in [4.78, 5) is 5.60. The fourth-order valence-corrected chi connectivity index (χ4v) is 4.62. The minimum Gasteiger partial charge on any atom is -0.356 e. The lowest BCUT2D eigenvalue weighted by Crippen LogP contribution is -2.37. The van der Waals surface area contributed by atoms with Gasteiger partial charge in [0.2, 0.25) is 0 Å². The average Bonchev–Trinajstić information content (AvgIpc) is 3.41. The summed E-state index contributed by atoms with van der Waals surface area (Å²) < 4.78 is 2.39. The molecule has 3 rings (SSSR count). The maximum atomic E-state index is 4.46. The molecular weight excluding hydrogens is 364 g/mol. The largest absolute Gasteiger partial charge is 0.356 e. The first-order valence-electron chi connectivity index (χ1n) is 9.26. The van der Waals surface area contributed by atoms with Gasteiger partial charge in [0, 0.05) is 30.9 Å². The first kappa shape index (κ1) is 19.2. The second-order valence-corrected chi connectivity index (χ2v) is 8.25. The zero-order valence-electron chi connectivity index (χ0n) is 15.6. The summed E-state index contributed by atoms with van der Waals surface area (Å²) in [7, 11) is 1.81. The summed E-state index contributed by atoms with van der Waals surface area (Å²) in [6, 6.07) is 4.79. The van der Waals surface area contributed by atoms with E-state index in [0.717, 1.165) is 42.9 Å². The van der Waals surface area contributed by atoms with Crippen LogP contribution >= 0.6 is 23.1 Å². The van der Waals surface area contributed by atoms with Gasteiger partial charge in [0.25, 0.3) is 0 Å². The Hall–Kier alpha value is -1.54. The summed E-state index contributed by atoms with van der Waals surface area (Å²) in [5.41, 5.74) is 0. The Labute approximate surface area is 163 Å². The van der Waals surface area contributed by atoms with Crippen molar-refractivity contribution in [2.75, 3.05) is 19.8 Å². The van der Waals surface area contributed by atoms with Gasteiger partial charge in [-0.2, -0.15) is 0 Å². The molecule has 0 aliphatic heterocycles. The molecule has 0 atom stereocenters. The highest BCUT2D eigenvalue weighted by Crippen LogP contribution is 2.33. The Morgan fingerprint density at radius 1 is 1.35 bits per heavy atom. The zero-order chi connectivity index (χ0) is 18.2. The number of thiophene rings is 1. The number of rotatable bonds is 8. The van der Waals surface area contributed by atoms with Crippen molar-refractivity contribution < 1.29 is 0 Å². The molecule has 1 aliphatic rings. The first-order valence-corrected chi connectivity index (χ1v) is 11.4. The summed E-state index contributed by atoms with van der Waals surface area (Å²) in [5.74, 6) is 1.98. The Bertz CT molecular complexity index is 689. The lowest BCUT2D eigenvalue weighted by molar-refractivity contribution is 0.460. The first-order chi connectivity index (χ1) is 12.8. The number of aliphatic imine (C=N–C) groups is 1. The molecule has 1 aliphatic carbocycles. The topological polar surface area (TPSA) is 67.1 Å². The average molecular weight is 393 g/mol. The number of nitrogens with one attached hydrogen (secondary N) is 2. The van der Waals surface area contributed by atoms with E-state index in [1.807, 2.05) is 7.05 Å². The van der Waals surface area contributed by atoms with Crippen LogP contribution in [0, 0.1) is 0 Å². The van der Waals surface area contributed by atoms with E-state index >= 15 is 0 Å². The van der Waals surface area contributed by atoms with Gasteiger partial charge in [0.1, 0.15) is 5.82 Å².